The maximum absolute atomic E-state index is 12.4. The van der Waals surface area contributed by atoms with Gasteiger partial charge in [-0.05, 0) is 37.2 Å². The molecule has 0 spiro atoms. The van der Waals surface area contributed by atoms with Gasteiger partial charge in [0, 0.05) is 31.9 Å². The Hall–Kier alpha value is -1.84. The number of benzene rings is 1. The molecule has 1 fully saturated rings. The monoisotopic (exact) mass is 412 g/mol. The highest BCUT2D eigenvalue weighted by Crippen LogP contribution is 2.17. The number of amides is 2. The highest BCUT2D eigenvalue weighted by molar-refractivity contribution is 7.84. The Balaban J connectivity index is 1.67. The van der Waals surface area contributed by atoms with Crippen LogP contribution < -0.4 is 14.6 Å². The molecule has 28 heavy (non-hydrogen) atoms. The third kappa shape index (κ3) is 8.45. The summed E-state index contributed by atoms with van der Waals surface area (Å²) in [4.78, 5) is 16.6. The topological polar surface area (TPSA) is 105 Å². The lowest BCUT2D eigenvalue weighted by Crippen LogP contribution is -2.50. The molecule has 9 heteroatoms. The summed E-state index contributed by atoms with van der Waals surface area (Å²) in [6.07, 6.45) is 7.76. The summed E-state index contributed by atoms with van der Waals surface area (Å²) in [5.74, 6) is 0.101. The molecule has 3 N–H and O–H groups in total. The Bertz CT molecular complexity index is 701. The molecule has 2 amide bonds. The minimum atomic E-state index is -4.05. The zero-order valence-corrected chi connectivity index (χ0v) is 17.4. The molecule has 0 bridgehead atoms. The molecule has 8 nitrogen and oxygen atoms in total. The highest BCUT2D eigenvalue weighted by Gasteiger charge is 2.20. The van der Waals surface area contributed by atoms with Gasteiger partial charge in [-0.15, -0.1) is 0 Å². The molecule has 0 radical (unpaired) electrons. The molecular formula is C19H32N4O4S. The molecule has 1 heterocycles. The van der Waals surface area contributed by atoms with Gasteiger partial charge in [0.1, 0.15) is 5.75 Å². The third-order valence-corrected chi connectivity index (χ3v) is 5.23. The molecule has 1 aromatic carbocycles. The third-order valence-electron chi connectivity index (χ3n) is 4.81. The first kappa shape index (κ1) is 22.4. The molecule has 0 unspecified atom stereocenters. The molecule has 158 valence electrons. The molecule has 0 saturated carbocycles. The molecule has 0 aromatic heterocycles. The Morgan fingerprint density at radius 2 is 1.64 bits per heavy atom. The quantitative estimate of drug-likeness (QED) is 0.575. The van der Waals surface area contributed by atoms with E-state index in [-0.39, 0.29) is 11.8 Å². The maximum atomic E-state index is 12.4. The van der Waals surface area contributed by atoms with Crippen molar-refractivity contribution in [2.45, 2.75) is 45.4 Å². The molecule has 1 saturated heterocycles. The second-order valence-electron chi connectivity index (χ2n) is 7.13. The van der Waals surface area contributed by atoms with Gasteiger partial charge >= 0.3 is 16.3 Å². The minimum Gasteiger partial charge on any atom is -0.371 e. The largest absolute Gasteiger partial charge is 0.380 e. The molecule has 0 atom stereocenters. The number of rotatable bonds is 10. The van der Waals surface area contributed by atoms with Crippen molar-refractivity contribution in [2.75, 3.05) is 38.0 Å². The van der Waals surface area contributed by atoms with Crippen LogP contribution in [0.5, 0.6) is 5.75 Å². The number of hydrogen-bond donors (Lipinski definition) is 2. The number of urea groups is 1. The SMILES string of the molecule is CCCCCCCCN1CCN(C(=O)Nc2ccc(OS(N)(=O)=O)cc2)CC1. The van der Waals surface area contributed by atoms with Crippen LogP contribution in [0.3, 0.4) is 0 Å². The van der Waals surface area contributed by atoms with E-state index in [0.717, 1.165) is 19.6 Å². The van der Waals surface area contributed by atoms with Crippen LogP contribution in [-0.2, 0) is 10.3 Å². The number of nitrogens with one attached hydrogen (secondary N) is 1. The van der Waals surface area contributed by atoms with Gasteiger partial charge in [0.15, 0.2) is 0 Å². The summed E-state index contributed by atoms with van der Waals surface area (Å²) in [6, 6.07) is 5.89. The number of unbranched alkanes of at least 4 members (excludes halogenated alkanes) is 5. The number of hydrogen-bond acceptors (Lipinski definition) is 5. The van der Waals surface area contributed by atoms with E-state index in [9.17, 15) is 13.2 Å². The first-order chi connectivity index (χ1) is 13.4. The van der Waals surface area contributed by atoms with Crippen LogP contribution in [0.2, 0.25) is 0 Å². The Labute approximate surface area is 168 Å². The van der Waals surface area contributed by atoms with E-state index in [1.165, 1.54) is 50.7 Å². The molecule has 0 aliphatic carbocycles. The second kappa shape index (κ2) is 11.2. The Morgan fingerprint density at radius 1 is 1.04 bits per heavy atom. The zero-order valence-electron chi connectivity index (χ0n) is 16.6. The first-order valence-electron chi connectivity index (χ1n) is 9.98. The van der Waals surface area contributed by atoms with Crippen molar-refractivity contribution in [3.8, 4) is 5.75 Å². The summed E-state index contributed by atoms with van der Waals surface area (Å²) in [5.41, 5.74) is 0.571. The fraction of sp³-hybridized carbons (Fsp3) is 0.632. The number of carbonyl (C=O) groups is 1. The predicted octanol–water partition coefficient (Wildman–Crippen LogP) is 2.78. The molecule has 1 aliphatic heterocycles. The van der Waals surface area contributed by atoms with Crippen molar-refractivity contribution in [1.29, 1.82) is 0 Å². The van der Waals surface area contributed by atoms with Crippen LogP contribution in [0.4, 0.5) is 10.5 Å². The second-order valence-corrected chi connectivity index (χ2v) is 8.28. The summed E-state index contributed by atoms with van der Waals surface area (Å²) < 4.78 is 26.4. The van der Waals surface area contributed by atoms with E-state index in [2.05, 4.69) is 21.3 Å². The van der Waals surface area contributed by atoms with E-state index in [4.69, 9.17) is 5.14 Å². The number of anilines is 1. The Morgan fingerprint density at radius 3 is 2.25 bits per heavy atom. The number of nitrogens with two attached hydrogens (primary N) is 1. The van der Waals surface area contributed by atoms with E-state index in [0.29, 0.717) is 18.8 Å². The predicted molar refractivity (Wildman–Crippen MR) is 111 cm³/mol. The fourth-order valence-corrected chi connectivity index (χ4v) is 3.60. The van der Waals surface area contributed by atoms with Crippen LogP contribution in [0.1, 0.15) is 45.4 Å². The van der Waals surface area contributed by atoms with Gasteiger partial charge in [-0.25, -0.2) is 4.79 Å². The van der Waals surface area contributed by atoms with Crippen molar-refractivity contribution in [2.24, 2.45) is 5.14 Å². The lowest BCUT2D eigenvalue weighted by atomic mass is 10.1. The van der Waals surface area contributed by atoms with Crippen LogP contribution in [-0.4, -0.2) is 57.0 Å². The fourth-order valence-electron chi connectivity index (χ4n) is 3.22. The minimum absolute atomic E-state index is 0.101. The van der Waals surface area contributed by atoms with Gasteiger partial charge in [0.05, 0.1) is 0 Å². The van der Waals surface area contributed by atoms with Crippen molar-refractivity contribution >= 4 is 22.0 Å². The molecule has 1 aliphatic rings. The summed E-state index contributed by atoms with van der Waals surface area (Å²) in [7, 11) is -4.05. The van der Waals surface area contributed by atoms with Crippen LogP contribution in [0.15, 0.2) is 24.3 Å². The smallest absolute Gasteiger partial charge is 0.371 e. The van der Waals surface area contributed by atoms with Gasteiger partial charge in [-0.2, -0.15) is 13.6 Å². The van der Waals surface area contributed by atoms with Crippen LogP contribution >= 0.6 is 0 Å². The summed E-state index contributed by atoms with van der Waals surface area (Å²) in [6.45, 7) is 6.52. The van der Waals surface area contributed by atoms with Crippen molar-refractivity contribution in [3.05, 3.63) is 24.3 Å². The maximum Gasteiger partial charge on any atom is 0.380 e. The van der Waals surface area contributed by atoms with E-state index < -0.39 is 10.3 Å². The van der Waals surface area contributed by atoms with Gasteiger partial charge in [0.2, 0.25) is 0 Å². The van der Waals surface area contributed by atoms with Gasteiger partial charge in [0.25, 0.3) is 0 Å². The molecule has 1 aromatic rings. The average Bonchev–Trinajstić information content (AvgIpc) is 2.65. The number of piperazine rings is 1. The first-order valence-corrected chi connectivity index (χ1v) is 11.4. The lowest BCUT2D eigenvalue weighted by Gasteiger charge is -2.34. The van der Waals surface area contributed by atoms with Gasteiger partial charge in [-0.3, -0.25) is 4.90 Å². The summed E-state index contributed by atoms with van der Waals surface area (Å²) in [5, 5.41) is 7.64. The standard InChI is InChI=1S/C19H32N4O4S/c1-2-3-4-5-6-7-12-22-13-15-23(16-14-22)19(24)21-17-8-10-18(11-9-17)27-28(20,25)26/h8-11H,2-7,12-16H2,1H3,(H,21,24)(H2,20,25,26). The van der Waals surface area contributed by atoms with Gasteiger partial charge in [-0.1, -0.05) is 39.0 Å². The van der Waals surface area contributed by atoms with E-state index in [1.807, 2.05) is 0 Å². The van der Waals surface area contributed by atoms with E-state index in [1.54, 1.807) is 17.0 Å². The van der Waals surface area contributed by atoms with Crippen molar-refractivity contribution in [1.82, 2.24) is 9.80 Å². The number of carbonyl (C=O) groups excluding carboxylic acids is 1. The highest BCUT2D eigenvalue weighted by atomic mass is 32.2. The molecular weight excluding hydrogens is 380 g/mol. The Kier molecular flexibility index (Phi) is 9.01. The number of nitrogens with zero attached hydrogens (tertiary/aromatic N) is 2. The normalized spacial score (nSPS) is 15.4. The zero-order chi connectivity index (χ0) is 20.4. The van der Waals surface area contributed by atoms with Gasteiger partial charge < -0.3 is 14.4 Å². The van der Waals surface area contributed by atoms with E-state index >= 15 is 0 Å². The van der Waals surface area contributed by atoms with Crippen LogP contribution in [0, 0.1) is 0 Å². The van der Waals surface area contributed by atoms with Crippen molar-refractivity contribution in [3.63, 3.8) is 0 Å². The summed E-state index contributed by atoms with van der Waals surface area (Å²) >= 11 is 0. The average molecular weight is 413 g/mol. The van der Waals surface area contributed by atoms with Crippen LogP contribution in [0.25, 0.3) is 0 Å². The lowest BCUT2D eigenvalue weighted by molar-refractivity contribution is 0.145. The van der Waals surface area contributed by atoms with Crippen molar-refractivity contribution < 1.29 is 17.4 Å². The molecule has 2 rings (SSSR count).